The highest BCUT2D eigenvalue weighted by Gasteiger charge is 2.06. The molecule has 3 aromatic rings. The summed E-state index contributed by atoms with van der Waals surface area (Å²) in [5, 5.41) is 8.32. The van der Waals surface area contributed by atoms with Crippen LogP contribution >= 0.6 is 11.8 Å². The highest BCUT2D eigenvalue weighted by Crippen LogP contribution is 2.21. The molecule has 0 aliphatic carbocycles. The van der Waals surface area contributed by atoms with Crippen LogP contribution in [0.4, 0.5) is 21.9 Å². The first kappa shape index (κ1) is 21.1. The zero-order valence-electron chi connectivity index (χ0n) is 16.3. The molecule has 0 aliphatic heterocycles. The summed E-state index contributed by atoms with van der Waals surface area (Å²) in [4.78, 5) is 36.3. The fraction of sp³-hybridized carbons (Fsp3) is 0.0870. The number of nitrogens with one attached hydrogen (secondary N) is 3. The summed E-state index contributed by atoms with van der Waals surface area (Å²) < 4.78 is 0. The van der Waals surface area contributed by atoms with Crippen molar-refractivity contribution >= 4 is 46.5 Å². The normalized spacial score (nSPS) is 10.2. The van der Waals surface area contributed by atoms with Gasteiger partial charge in [0.2, 0.25) is 5.91 Å². The van der Waals surface area contributed by atoms with E-state index >= 15 is 0 Å². The van der Waals surface area contributed by atoms with Gasteiger partial charge in [0, 0.05) is 27.5 Å². The molecule has 30 heavy (non-hydrogen) atoms. The molecule has 0 heterocycles. The van der Waals surface area contributed by atoms with Crippen molar-refractivity contribution in [3.63, 3.8) is 0 Å². The van der Waals surface area contributed by atoms with Crippen LogP contribution in [0.25, 0.3) is 0 Å². The highest BCUT2D eigenvalue weighted by molar-refractivity contribution is 8.00. The largest absolute Gasteiger partial charge is 0.325 e. The lowest BCUT2D eigenvalue weighted by Crippen LogP contribution is -2.19. The van der Waals surface area contributed by atoms with E-state index in [2.05, 4.69) is 16.0 Å². The fourth-order valence-corrected chi connectivity index (χ4v) is 3.28. The Bertz CT molecular complexity index is 1020. The number of carbonyl (C=O) groups is 3. The summed E-state index contributed by atoms with van der Waals surface area (Å²) in [5.41, 5.74) is 2.62. The van der Waals surface area contributed by atoms with Gasteiger partial charge in [-0.1, -0.05) is 18.2 Å². The van der Waals surface area contributed by atoms with Gasteiger partial charge in [-0.25, -0.2) is 4.79 Å². The molecule has 0 unspecified atom stereocenters. The van der Waals surface area contributed by atoms with E-state index in [1.165, 1.54) is 18.7 Å². The SMILES string of the molecule is CC(=O)c1ccc(NC(=O)CSc2ccc(NC(=O)Nc3ccccc3)cc2)cc1. The maximum absolute atomic E-state index is 12.1. The molecular formula is C23H21N3O3S. The van der Waals surface area contributed by atoms with Gasteiger partial charge < -0.3 is 16.0 Å². The lowest BCUT2D eigenvalue weighted by atomic mass is 10.1. The summed E-state index contributed by atoms with van der Waals surface area (Å²) in [6.07, 6.45) is 0. The third-order valence-corrected chi connectivity index (χ3v) is 5.10. The van der Waals surface area contributed by atoms with E-state index < -0.39 is 0 Å². The van der Waals surface area contributed by atoms with E-state index in [0.29, 0.717) is 22.6 Å². The minimum Gasteiger partial charge on any atom is -0.325 e. The zero-order chi connectivity index (χ0) is 21.3. The molecule has 3 N–H and O–H groups in total. The molecule has 0 radical (unpaired) electrons. The Hall–Kier alpha value is -3.58. The van der Waals surface area contributed by atoms with Gasteiger partial charge in [-0.2, -0.15) is 0 Å². The quantitative estimate of drug-likeness (QED) is 0.360. The van der Waals surface area contributed by atoms with Crippen molar-refractivity contribution in [1.82, 2.24) is 0 Å². The van der Waals surface area contributed by atoms with Crippen molar-refractivity contribution in [3.05, 3.63) is 84.4 Å². The van der Waals surface area contributed by atoms with Gasteiger partial charge in [0.15, 0.2) is 5.78 Å². The molecular weight excluding hydrogens is 398 g/mol. The Morgan fingerprint density at radius 3 is 1.83 bits per heavy atom. The minimum atomic E-state index is -0.322. The molecule has 0 saturated heterocycles. The first-order valence-electron chi connectivity index (χ1n) is 9.26. The van der Waals surface area contributed by atoms with Crippen molar-refractivity contribution in [2.24, 2.45) is 0 Å². The van der Waals surface area contributed by atoms with E-state index in [1.807, 2.05) is 42.5 Å². The Balaban J connectivity index is 1.45. The van der Waals surface area contributed by atoms with Crippen LogP contribution in [0.5, 0.6) is 0 Å². The fourth-order valence-electron chi connectivity index (χ4n) is 2.58. The van der Waals surface area contributed by atoms with E-state index in [4.69, 9.17) is 0 Å². The molecule has 3 aromatic carbocycles. The summed E-state index contributed by atoms with van der Waals surface area (Å²) in [6.45, 7) is 1.50. The van der Waals surface area contributed by atoms with Crippen molar-refractivity contribution in [2.45, 2.75) is 11.8 Å². The van der Waals surface area contributed by atoms with E-state index in [-0.39, 0.29) is 23.5 Å². The Kier molecular flexibility index (Phi) is 7.24. The van der Waals surface area contributed by atoms with Gasteiger partial charge in [0.25, 0.3) is 0 Å². The molecule has 0 aromatic heterocycles. The van der Waals surface area contributed by atoms with Gasteiger partial charge >= 0.3 is 6.03 Å². The number of hydrogen-bond acceptors (Lipinski definition) is 4. The van der Waals surface area contributed by atoms with Crippen LogP contribution in [0.3, 0.4) is 0 Å². The maximum atomic E-state index is 12.1. The summed E-state index contributed by atoms with van der Waals surface area (Å²) in [7, 11) is 0. The molecule has 7 heteroatoms. The third kappa shape index (κ3) is 6.49. The lowest BCUT2D eigenvalue weighted by Gasteiger charge is -2.09. The van der Waals surface area contributed by atoms with Crippen LogP contribution in [0.1, 0.15) is 17.3 Å². The lowest BCUT2D eigenvalue weighted by molar-refractivity contribution is -0.113. The van der Waals surface area contributed by atoms with Crippen LogP contribution in [0, 0.1) is 0 Å². The van der Waals surface area contributed by atoms with E-state index in [1.54, 1.807) is 36.4 Å². The Morgan fingerprint density at radius 2 is 1.23 bits per heavy atom. The van der Waals surface area contributed by atoms with E-state index in [0.717, 1.165) is 4.90 Å². The first-order chi connectivity index (χ1) is 14.5. The monoisotopic (exact) mass is 419 g/mol. The minimum absolute atomic E-state index is 0.0149. The van der Waals surface area contributed by atoms with Crippen LogP contribution in [0.2, 0.25) is 0 Å². The number of carbonyl (C=O) groups excluding carboxylic acids is 3. The number of para-hydroxylation sites is 1. The van der Waals surface area contributed by atoms with Crippen molar-refractivity contribution in [3.8, 4) is 0 Å². The van der Waals surface area contributed by atoms with Gasteiger partial charge in [0.05, 0.1) is 5.75 Å². The number of thioether (sulfide) groups is 1. The number of urea groups is 1. The van der Waals surface area contributed by atoms with E-state index in [9.17, 15) is 14.4 Å². The van der Waals surface area contributed by atoms with Gasteiger partial charge in [0.1, 0.15) is 0 Å². The molecule has 0 spiro atoms. The highest BCUT2D eigenvalue weighted by atomic mass is 32.2. The van der Waals surface area contributed by atoms with Crippen LogP contribution in [-0.2, 0) is 4.79 Å². The second-order valence-electron chi connectivity index (χ2n) is 6.44. The van der Waals surface area contributed by atoms with Crippen LogP contribution in [0.15, 0.2) is 83.8 Å². The predicted octanol–water partition coefficient (Wildman–Crippen LogP) is 5.26. The first-order valence-corrected chi connectivity index (χ1v) is 10.2. The standard InChI is InChI=1S/C23H21N3O3S/c1-16(27)17-7-9-19(10-8-17)24-22(28)15-30-21-13-11-20(12-14-21)26-23(29)25-18-5-3-2-4-6-18/h2-14H,15H2,1H3,(H,24,28)(H2,25,26,29). The summed E-state index contributed by atoms with van der Waals surface area (Å²) >= 11 is 1.39. The smallest absolute Gasteiger partial charge is 0.323 e. The summed E-state index contributed by atoms with van der Waals surface area (Å²) in [6, 6.07) is 22.9. The molecule has 0 fully saturated rings. The molecule has 3 rings (SSSR count). The number of hydrogen-bond donors (Lipinski definition) is 3. The number of Topliss-reactive ketones (excluding diaryl/α,β-unsaturated/α-hetero) is 1. The number of benzene rings is 3. The molecule has 6 nitrogen and oxygen atoms in total. The maximum Gasteiger partial charge on any atom is 0.323 e. The summed E-state index contributed by atoms with van der Waals surface area (Å²) in [5.74, 6) is 0.0920. The van der Waals surface area contributed by atoms with Gasteiger partial charge in [-0.3, -0.25) is 9.59 Å². The van der Waals surface area contributed by atoms with Crippen molar-refractivity contribution in [1.29, 1.82) is 0 Å². The zero-order valence-corrected chi connectivity index (χ0v) is 17.2. The van der Waals surface area contributed by atoms with Gasteiger partial charge in [-0.15, -0.1) is 11.8 Å². The number of ketones is 1. The topological polar surface area (TPSA) is 87.3 Å². The Labute approximate surface area is 179 Å². The second-order valence-corrected chi connectivity index (χ2v) is 7.49. The molecule has 0 atom stereocenters. The predicted molar refractivity (Wildman–Crippen MR) is 121 cm³/mol. The van der Waals surface area contributed by atoms with Crippen molar-refractivity contribution in [2.75, 3.05) is 21.7 Å². The third-order valence-electron chi connectivity index (χ3n) is 4.09. The molecule has 3 amide bonds. The van der Waals surface area contributed by atoms with Crippen LogP contribution in [-0.4, -0.2) is 23.5 Å². The number of amides is 3. The molecule has 0 bridgehead atoms. The average Bonchev–Trinajstić information content (AvgIpc) is 2.74. The number of anilines is 3. The van der Waals surface area contributed by atoms with Crippen molar-refractivity contribution < 1.29 is 14.4 Å². The average molecular weight is 420 g/mol. The second kappa shape index (κ2) is 10.3. The molecule has 0 saturated carbocycles. The molecule has 0 aliphatic rings. The Morgan fingerprint density at radius 1 is 0.700 bits per heavy atom. The van der Waals surface area contributed by atoms with Gasteiger partial charge in [-0.05, 0) is 67.6 Å². The number of rotatable bonds is 7. The van der Waals surface area contributed by atoms with Crippen LogP contribution < -0.4 is 16.0 Å². The molecule has 152 valence electrons.